The Labute approximate surface area is 127 Å². The molecule has 0 radical (unpaired) electrons. The van der Waals surface area contributed by atoms with Gasteiger partial charge in [0.25, 0.3) is 5.56 Å². The highest BCUT2D eigenvalue weighted by atomic mass is 16.2. The molecule has 2 aromatic heterocycles. The van der Waals surface area contributed by atoms with Crippen molar-refractivity contribution in [3.05, 3.63) is 40.3 Å². The van der Waals surface area contributed by atoms with Gasteiger partial charge >= 0.3 is 0 Å². The van der Waals surface area contributed by atoms with E-state index in [9.17, 15) is 9.59 Å². The van der Waals surface area contributed by atoms with Crippen LogP contribution in [-0.4, -0.2) is 48.4 Å². The number of aromatic nitrogens is 5. The largest absolute Gasteiger partial charge is 0.339 e. The van der Waals surface area contributed by atoms with Crippen LogP contribution >= 0.6 is 0 Å². The molecule has 1 fully saturated rings. The van der Waals surface area contributed by atoms with Crippen molar-refractivity contribution in [3.8, 4) is 0 Å². The van der Waals surface area contributed by atoms with Crippen molar-refractivity contribution < 1.29 is 4.79 Å². The molecule has 1 atom stereocenters. The molecule has 3 heterocycles. The molecule has 1 unspecified atom stereocenters. The van der Waals surface area contributed by atoms with Crippen molar-refractivity contribution >= 4 is 5.91 Å². The Hall–Kier alpha value is -2.51. The Morgan fingerprint density at radius 1 is 1.32 bits per heavy atom. The van der Waals surface area contributed by atoms with E-state index < -0.39 is 0 Å². The van der Waals surface area contributed by atoms with Gasteiger partial charge in [0, 0.05) is 24.3 Å². The number of carbonyl (C=O) groups is 1. The number of rotatable bonds is 3. The molecule has 8 heteroatoms. The Morgan fingerprint density at radius 2 is 2.05 bits per heavy atom. The summed E-state index contributed by atoms with van der Waals surface area (Å²) < 4.78 is 1.37. The highest BCUT2D eigenvalue weighted by molar-refractivity contribution is 5.76. The van der Waals surface area contributed by atoms with Gasteiger partial charge < -0.3 is 4.90 Å². The molecule has 0 saturated carbocycles. The highest BCUT2D eigenvalue weighted by Gasteiger charge is 2.28. The first kappa shape index (κ1) is 14.4. The van der Waals surface area contributed by atoms with E-state index in [4.69, 9.17) is 0 Å². The number of aryl methyl sites for hydroxylation is 1. The maximum absolute atomic E-state index is 12.4. The molecular formula is C14H18N6O2. The van der Waals surface area contributed by atoms with Crippen molar-refractivity contribution in [2.75, 3.05) is 13.1 Å². The average molecular weight is 302 g/mol. The van der Waals surface area contributed by atoms with E-state index in [1.54, 1.807) is 35.9 Å². The monoisotopic (exact) mass is 302 g/mol. The minimum Gasteiger partial charge on any atom is -0.339 e. The summed E-state index contributed by atoms with van der Waals surface area (Å²) in [4.78, 5) is 32.0. The number of amides is 1. The first-order valence-electron chi connectivity index (χ1n) is 7.22. The van der Waals surface area contributed by atoms with E-state index in [1.807, 2.05) is 0 Å². The normalized spacial score (nSPS) is 17.9. The third-order valence-electron chi connectivity index (χ3n) is 4.10. The maximum atomic E-state index is 12.4. The lowest BCUT2D eigenvalue weighted by molar-refractivity contribution is -0.131. The molecule has 2 aromatic rings. The van der Waals surface area contributed by atoms with Crippen molar-refractivity contribution in [1.82, 2.24) is 29.4 Å². The quantitative estimate of drug-likeness (QED) is 0.792. The van der Waals surface area contributed by atoms with Gasteiger partial charge in [0.05, 0.1) is 24.8 Å². The topological polar surface area (TPSA) is 85.9 Å². The van der Waals surface area contributed by atoms with E-state index in [0.717, 1.165) is 6.42 Å². The van der Waals surface area contributed by atoms with E-state index in [-0.39, 0.29) is 24.1 Å². The number of hydrogen-bond acceptors (Lipinski definition) is 5. The second-order valence-electron chi connectivity index (χ2n) is 5.52. The molecule has 1 amide bonds. The standard InChI is InChI=1S/C14H18N6O2/c1-10-11(2)15-9-19(14(10)22)8-13(21)18-6-3-12(7-18)20-16-4-5-17-20/h4-5,9,12H,3,6-8H2,1-2H3. The Kier molecular flexibility index (Phi) is 3.74. The number of carbonyl (C=O) groups excluding carboxylic acids is 1. The first-order chi connectivity index (χ1) is 10.6. The molecule has 0 aliphatic carbocycles. The summed E-state index contributed by atoms with van der Waals surface area (Å²) >= 11 is 0. The summed E-state index contributed by atoms with van der Waals surface area (Å²) in [5.74, 6) is -0.0817. The molecule has 22 heavy (non-hydrogen) atoms. The van der Waals surface area contributed by atoms with Crippen LogP contribution in [0.1, 0.15) is 23.7 Å². The van der Waals surface area contributed by atoms with Crippen LogP contribution in [0, 0.1) is 13.8 Å². The highest BCUT2D eigenvalue weighted by Crippen LogP contribution is 2.19. The number of hydrogen-bond donors (Lipinski definition) is 0. The average Bonchev–Trinajstić information content (AvgIpc) is 3.18. The molecule has 3 rings (SSSR count). The van der Waals surface area contributed by atoms with Crippen LogP contribution in [0.3, 0.4) is 0 Å². The van der Waals surface area contributed by atoms with Crippen molar-refractivity contribution in [2.24, 2.45) is 0 Å². The van der Waals surface area contributed by atoms with Gasteiger partial charge in [-0.05, 0) is 20.3 Å². The zero-order valence-electron chi connectivity index (χ0n) is 12.6. The second kappa shape index (κ2) is 5.70. The fourth-order valence-corrected chi connectivity index (χ4v) is 2.61. The van der Waals surface area contributed by atoms with Crippen molar-refractivity contribution in [2.45, 2.75) is 32.9 Å². The predicted molar refractivity (Wildman–Crippen MR) is 78.2 cm³/mol. The lowest BCUT2D eigenvalue weighted by atomic mass is 10.3. The predicted octanol–water partition coefficient (Wildman–Crippen LogP) is -0.0748. The Bertz CT molecular complexity index is 736. The van der Waals surface area contributed by atoms with Gasteiger partial charge in [0.2, 0.25) is 5.91 Å². The first-order valence-corrected chi connectivity index (χ1v) is 7.22. The molecular weight excluding hydrogens is 284 g/mol. The molecule has 0 bridgehead atoms. The van der Waals surface area contributed by atoms with Gasteiger partial charge in [-0.15, -0.1) is 0 Å². The van der Waals surface area contributed by atoms with Gasteiger partial charge in [0.15, 0.2) is 0 Å². The molecule has 8 nitrogen and oxygen atoms in total. The molecule has 116 valence electrons. The molecule has 1 aliphatic heterocycles. The Balaban J connectivity index is 1.69. The van der Waals surface area contributed by atoms with Gasteiger partial charge in [-0.2, -0.15) is 15.0 Å². The summed E-state index contributed by atoms with van der Waals surface area (Å²) in [6, 6.07) is 0.105. The van der Waals surface area contributed by atoms with Crippen LogP contribution in [-0.2, 0) is 11.3 Å². The maximum Gasteiger partial charge on any atom is 0.256 e. The van der Waals surface area contributed by atoms with Crippen LogP contribution in [0.4, 0.5) is 0 Å². The summed E-state index contributed by atoms with van der Waals surface area (Å²) in [7, 11) is 0. The summed E-state index contributed by atoms with van der Waals surface area (Å²) in [6.07, 6.45) is 5.52. The minimum absolute atomic E-state index is 0.0200. The lowest BCUT2D eigenvalue weighted by Gasteiger charge is -2.17. The van der Waals surface area contributed by atoms with Gasteiger partial charge in [-0.1, -0.05) is 0 Å². The van der Waals surface area contributed by atoms with E-state index in [2.05, 4.69) is 15.2 Å². The SMILES string of the molecule is Cc1ncn(CC(=O)N2CCC(n3nccn3)C2)c(=O)c1C. The second-order valence-corrected chi connectivity index (χ2v) is 5.52. The third-order valence-corrected chi connectivity index (χ3v) is 4.10. The minimum atomic E-state index is -0.162. The van der Waals surface area contributed by atoms with Gasteiger partial charge in [0.1, 0.15) is 6.54 Å². The zero-order chi connectivity index (χ0) is 15.7. The van der Waals surface area contributed by atoms with Crippen LogP contribution in [0.15, 0.2) is 23.5 Å². The third kappa shape index (κ3) is 2.63. The summed E-state index contributed by atoms with van der Waals surface area (Å²) in [5.41, 5.74) is 1.11. The lowest BCUT2D eigenvalue weighted by Crippen LogP contribution is -2.36. The van der Waals surface area contributed by atoms with Crippen LogP contribution < -0.4 is 5.56 Å². The van der Waals surface area contributed by atoms with Crippen molar-refractivity contribution in [1.29, 1.82) is 0 Å². The summed E-state index contributed by atoms with van der Waals surface area (Å²) in [6.45, 7) is 4.75. The summed E-state index contributed by atoms with van der Waals surface area (Å²) in [5, 5.41) is 8.23. The molecule has 0 aromatic carbocycles. The van der Waals surface area contributed by atoms with Crippen molar-refractivity contribution in [3.63, 3.8) is 0 Å². The smallest absolute Gasteiger partial charge is 0.256 e. The molecule has 1 saturated heterocycles. The van der Waals surface area contributed by atoms with Crippen LogP contribution in [0.5, 0.6) is 0 Å². The van der Waals surface area contributed by atoms with E-state index in [1.165, 1.54) is 10.9 Å². The number of likely N-dealkylation sites (tertiary alicyclic amines) is 1. The molecule has 0 spiro atoms. The van der Waals surface area contributed by atoms with Gasteiger partial charge in [-0.25, -0.2) is 4.98 Å². The molecule has 0 N–H and O–H groups in total. The fourth-order valence-electron chi connectivity index (χ4n) is 2.61. The zero-order valence-corrected chi connectivity index (χ0v) is 12.6. The van der Waals surface area contributed by atoms with E-state index in [0.29, 0.717) is 24.3 Å². The Morgan fingerprint density at radius 3 is 2.77 bits per heavy atom. The van der Waals surface area contributed by atoms with Gasteiger partial charge in [-0.3, -0.25) is 14.2 Å². The fraction of sp³-hybridized carbons (Fsp3) is 0.500. The van der Waals surface area contributed by atoms with Crippen LogP contribution in [0.2, 0.25) is 0 Å². The van der Waals surface area contributed by atoms with Crippen LogP contribution in [0.25, 0.3) is 0 Å². The molecule has 1 aliphatic rings. The van der Waals surface area contributed by atoms with E-state index >= 15 is 0 Å². The number of nitrogens with zero attached hydrogens (tertiary/aromatic N) is 6.